The Morgan fingerprint density at radius 3 is 2.64 bits per heavy atom. The fraction of sp³-hybridized carbons (Fsp3) is 0.611. The van der Waals surface area contributed by atoms with Gasteiger partial charge >= 0.3 is 0 Å². The third-order valence-electron chi connectivity index (χ3n) is 4.17. The minimum absolute atomic E-state index is 0. The van der Waals surface area contributed by atoms with Crippen molar-refractivity contribution in [3.63, 3.8) is 0 Å². The highest BCUT2D eigenvalue weighted by atomic mass is 127. The van der Waals surface area contributed by atoms with Gasteiger partial charge in [0.05, 0.1) is 6.54 Å². The van der Waals surface area contributed by atoms with Gasteiger partial charge in [-0.05, 0) is 63.0 Å². The quantitative estimate of drug-likeness (QED) is 0.369. The van der Waals surface area contributed by atoms with Crippen molar-refractivity contribution in [2.75, 3.05) is 39.3 Å². The lowest BCUT2D eigenvalue weighted by Crippen LogP contribution is -2.39. The molecule has 25 heavy (non-hydrogen) atoms. The molecule has 0 radical (unpaired) electrons. The molecule has 1 saturated heterocycles. The van der Waals surface area contributed by atoms with Crippen LogP contribution < -0.4 is 10.6 Å². The van der Waals surface area contributed by atoms with Crippen LogP contribution in [0.4, 0.5) is 8.78 Å². The minimum Gasteiger partial charge on any atom is -0.357 e. The van der Waals surface area contributed by atoms with Gasteiger partial charge in [0.1, 0.15) is 11.6 Å². The number of aliphatic imine (C=N–C) groups is 1. The Labute approximate surface area is 166 Å². The Kier molecular flexibility index (Phi) is 11.0. The van der Waals surface area contributed by atoms with Crippen LogP contribution in [-0.2, 0) is 6.42 Å². The van der Waals surface area contributed by atoms with Crippen molar-refractivity contribution in [3.05, 3.63) is 35.4 Å². The fourth-order valence-corrected chi connectivity index (χ4v) is 2.88. The van der Waals surface area contributed by atoms with E-state index in [0.29, 0.717) is 18.5 Å². The molecule has 0 spiro atoms. The van der Waals surface area contributed by atoms with Crippen LogP contribution in [0.15, 0.2) is 23.2 Å². The highest BCUT2D eigenvalue weighted by Gasteiger charge is 2.09. The van der Waals surface area contributed by atoms with Crippen LogP contribution in [-0.4, -0.2) is 50.1 Å². The predicted octanol–water partition coefficient (Wildman–Crippen LogP) is 3.17. The molecule has 2 rings (SSSR count). The molecule has 7 heteroatoms. The molecule has 1 heterocycles. The Morgan fingerprint density at radius 2 is 1.92 bits per heavy atom. The maximum Gasteiger partial charge on any atom is 0.191 e. The summed E-state index contributed by atoms with van der Waals surface area (Å²) in [7, 11) is 0. The maximum absolute atomic E-state index is 13.6. The number of benzene rings is 1. The van der Waals surface area contributed by atoms with Gasteiger partial charge in [0, 0.05) is 19.6 Å². The van der Waals surface area contributed by atoms with E-state index in [9.17, 15) is 8.78 Å². The monoisotopic (exact) mass is 466 g/mol. The number of guanidine groups is 1. The van der Waals surface area contributed by atoms with Gasteiger partial charge in [0.2, 0.25) is 0 Å². The SMILES string of the molecule is CCNC(=NCCN1CCCCC1)NCCc1cc(F)ccc1F.I. The van der Waals surface area contributed by atoms with Crippen molar-refractivity contribution >= 4 is 29.9 Å². The summed E-state index contributed by atoms with van der Waals surface area (Å²) in [5.41, 5.74) is 0.381. The van der Waals surface area contributed by atoms with Crippen LogP contribution >= 0.6 is 24.0 Å². The zero-order chi connectivity index (χ0) is 17.2. The number of nitrogens with one attached hydrogen (secondary N) is 2. The van der Waals surface area contributed by atoms with Crippen molar-refractivity contribution in [1.29, 1.82) is 0 Å². The zero-order valence-electron chi connectivity index (χ0n) is 14.9. The Bertz CT molecular complexity index is 534. The van der Waals surface area contributed by atoms with E-state index in [-0.39, 0.29) is 29.8 Å². The van der Waals surface area contributed by atoms with Gasteiger partial charge in [-0.1, -0.05) is 6.42 Å². The van der Waals surface area contributed by atoms with Gasteiger partial charge in [-0.2, -0.15) is 0 Å². The zero-order valence-corrected chi connectivity index (χ0v) is 17.2. The van der Waals surface area contributed by atoms with E-state index in [1.807, 2.05) is 6.92 Å². The number of halogens is 3. The molecule has 1 fully saturated rings. The molecule has 0 aromatic heterocycles. The van der Waals surface area contributed by atoms with Crippen LogP contribution in [0, 0.1) is 11.6 Å². The molecule has 4 nitrogen and oxygen atoms in total. The van der Waals surface area contributed by atoms with Crippen LogP contribution in [0.3, 0.4) is 0 Å². The summed E-state index contributed by atoms with van der Waals surface area (Å²) in [6, 6.07) is 3.55. The van der Waals surface area contributed by atoms with Crippen molar-refractivity contribution in [2.24, 2.45) is 4.99 Å². The van der Waals surface area contributed by atoms with Crippen LogP contribution in [0.25, 0.3) is 0 Å². The third-order valence-corrected chi connectivity index (χ3v) is 4.17. The highest BCUT2D eigenvalue weighted by molar-refractivity contribution is 14.0. The van der Waals surface area contributed by atoms with E-state index < -0.39 is 5.82 Å². The van der Waals surface area contributed by atoms with Crippen molar-refractivity contribution in [3.8, 4) is 0 Å². The van der Waals surface area contributed by atoms with Crippen molar-refractivity contribution in [1.82, 2.24) is 15.5 Å². The first kappa shape index (κ1) is 22.1. The first-order valence-corrected chi connectivity index (χ1v) is 8.87. The molecule has 0 aliphatic carbocycles. The van der Waals surface area contributed by atoms with E-state index in [0.717, 1.165) is 31.7 Å². The molecule has 0 saturated carbocycles. The normalized spacial score (nSPS) is 15.6. The molecule has 0 atom stereocenters. The van der Waals surface area contributed by atoms with Gasteiger partial charge < -0.3 is 15.5 Å². The van der Waals surface area contributed by atoms with Crippen LogP contribution in [0.1, 0.15) is 31.7 Å². The molecule has 1 aromatic carbocycles. The molecule has 2 N–H and O–H groups in total. The first-order chi connectivity index (χ1) is 11.7. The van der Waals surface area contributed by atoms with E-state index in [2.05, 4.69) is 20.5 Å². The van der Waals surface area contributed by atoms with E-state index >= 15 is 0 Å². The Balaban J connectivity index is 0.00000312. The Hall–Kier alpha value is -0.960. The molecule has 0 bridgehead atoms. The number of rotatable bonds is 7. The highest BCUT2D eigenvalue weighted by Crippen LogP contribution is 2.10. The summed E-state index contributed by atoms with van der Waals surface area (Å²) in [6.07, 6.45) is 4.31. The van der Waals surface area contributed by atoms with Gasteiger partial charge in [-0.3, -0.25) is 4.99 Å². The average Bonchev–Trinajstić information content (AvgIpc) is 2.59. The number of hydrogen-bond acceptors (Lipinski definition) is 2. The average molecular weight is 466 g/mol. The summed E-state index contributed by atoms with van der Waals surface area (Å²) < 4.78 is 26.8. The minimum atomic E-state index is -0.409. The second-order valence-corrected chi connectivity index (χ2v) is 6.08. The second-order valence-electron chi connectivity index (χ2n) is 6.08. The van der Waals surface area contributed by atoms with E-state index in [4.69, 9.17) is 0 Å². The number of piperidine rings is 1. The number of likely N-dealkylation sites (tertiary alicyclic amines) is 1. The smallest absolute Gasteiger partial charge is 0.191 e. The van der Waals surface area contributed by atoms with Gasteiger partial charge in [-0.15, -0.1) is 24.0 Å². The fourth-order valence-electron chi connectivity index (χ4n) is 2.88. The standard InChI is InChI=1S/C18H28F2N4.HI/c1-2-21-18(23-10-13-24-11-4-3-5-12-24)22-9-8-15-14-16(19)6-7-17(15)20;/h6-7,14H,2-5,8-13H2,1H3,(H2,21,22,23);1H. The number of hydrogen-bond donors (Lipinski definition) is 2. The molecule has 0 unspecified atom stereocenters. The summed E-state index contributed by atoms with van der Waals surface area (Å²) in [5, 5.41) is 6.37. The topological polar surface area (TPSA) is 39.7 Å². The maximum atomic E-state index is 13.6. The Morgan fingerprint density at radius 1 is 1.16 bits per heavy atom. The predicted molar refractivity (Wildman–Crippen MR) is 110 cm³/mol. The summed E-state index contributed by atoms with van der Waals surface area (Å²) in [6.45, 7) is 7.32. The van der Waals surface area contributed by atoms with Crippen molar-refractivity contribution in [2.45, 2.75) is 32.6 Å². The lowest BCUT2D eigenvalue weighted by atomic mass is 10.1. The van der Waals surface area contributed by atoms with E-state index in [1.165, 1.54) is 44.5 Å². The van der Waals surface area contributed by atoms with Gasteiger partial charge in [0.15, 0.2) is 5.96 Å². The third kappa shape index (κ3) is 8.31. The molecule has 0 amide bonds. The first-order valence-electron chi connectivity index (χ1n) is 8.87. The molecular formula is C18H29F2IN4. The summed E-state index contributed by atoms with van der Waals surface area (Å²) >= 11 is 0. The van der Waals surface area contributed by atoms with E-state index in [1.54, 1.807) is 0 Å². The van der Waals surface area contributed by atoms with Crippen molar-refractivity contribution < 1.29 is 8.78 Å². The molecule has 1 aliphatic heterocycles. The molecule has 1 aromatic rings. The largest absolute Gasteiger partial charge is 0.357 e. The molecule has 1 aliphatic rings. The molecular weight excluding hydrogens is 437 g/mol. The lowest BCUT2D eigenvalue weighted by Gasteiger charge is -2.25. The lowest BCUT2D eigenvalue weighted by molar-refractivity contribution is 0.235. The molecule has 142 valence electrons. The summed E-state index contributed by atoms with van der Waals surface area (Å²) in [4.78, 5) is 7.01. The van der Waals surface area contributed by atoms with Gasteiger partial charge in [0.25, 0.3) is 0 Å². The number of nitrogens with zero attached hydrogens (tertiary/aromatic N) is 2. The van der Waals surface area contributed by atoms with Crippen LogP contribution in [0.5, 0.6) is 0 Å². The van der Waals surface area contributed by atoms with Gasteiger partial charge in [-0.25, -0.2) is 8.78 Å². The second kappa shape index (κ2) is 12.4. The van der Waals surface area contributed by atoms with Crippen LogP contribution in [0.2, 0.25) is 0 Å². The summed E-state index contributed by atoms with van der Waals surface area (Å²) in [5.74, 6) is -0.0509.